The van der Waals surface area contributed by atoms with E-state index in [1.54, 1.807) is 26.4 Å². The number of methoxy groups -OCH3 is 2. The second-order valence-electron chi connectivity index (χ2n) is 6.31. The number of amides is 1. The molecule has 2 aromatic carbocycles. The molecule has 0 aliphatic heterocycles. The summed E-state index contributed by atoms with van der Waals surface area (Å²) in [7, 11) is 3.19. The zero-order chi connectivity index (χ0) is 21.5. The van der Waals surface area contributed by atoms with Crippen molar-refractivity contribution in [3.8, 4) is 22.9 Å². The van der Waals surface area contributed by atoms with Gasteiger partial charge in [-0.2, -0.15) is 0 Å². The van der Waals surface area contributed by atoms with E-state index in [2.05, 4.69) is 15.5 Å². The monoisotopic (exact) mass is 446 g/mol. The van der Waals surface area contributed by atoms with Gasteiger partial charge in [0.15, 0.2) is 22.5 Å². The van der Waals surface area contributed by atoms with Crippen LogP contribution in [0.5, 0.6) is 11.5 Å². The van der Waals surface area contributed by atoms with Crippen molar-refractivity contribution in [3.05, 3.63) is 53.1 Å². The van der Waals surface area contributed by atoms with Crippen molar-refractivity contribution in [2.75, 3.05) is 20.0 Å². The van der Waals surface area contributed by atoms with Gasteiger partial charge < -0.3 is 19.4 Å². The average molecular weight is 447 g/mol. The Morgan fingerprint density at radius 1 is 1.10 bits per heavy atom. The van der Waals surface area contributed by atoms with Crippen LogP contribution >= 0.6 is 23.4 Å². The molecule has 0 radical (unpaired) electrons. The van der Waals surface area contributed by atoms with Gasteiger partial charge in [-0.15, -0.1) is 10.2 Å². The quantitative estimate of drug-likeness (QED) is 0.500. The Bertz CT molecular complexity index is 1010. The van der Waals surface area contributed by atoms with E-state index < -0.39 is 0 Å². The van der Waals surface area contributed by atoms with E-state index in [-0.39, 0.29) is 11.7 Å². The first-order chi connectivity index (χ1) is 14.5. The maximum atomic E-state index is 12.2. The molecule has 3 aromatic rings. The lowest BCUT2D eigenvalue weighted by molar-refractivity contribution is -0.118. The number of hydrogen-bond acceptors (Lipinski definition) is 6. The van der Waals surface area contributed by atoms with Crippen LogP contribution in [-0.2, 0) is 17.9 Å². The van der Waals surface area contributed by atoms with Crippen molar-refractivity contribution in [1.82, 2.24) is 20.1 Å². The molecule has 0 aliphatic carbocycles. The molecule has 30 heavy (non-hydrogen) atoms. The van der Waals surface area contributed by atoms with E-state index in [0.717, 1.165) is 11.1 Å². The first-order valence-electron chi connectivity index (χ1n) is 9.35. The van der Waals surface area contributed by atoms with Crippen LogP contribution < -0.4 is 14.8 Å². The zero-order valence-electron chi connectivity index (χ0n) is 17.0. The highest BCUT2D eigenvalue weighted by molar-refractivity contribution is 7.99. The van der Waals surface area contributed by atoms with Gasteiger partial charge in [0.25, 0.3) is 0 Å². The van der Waals surface area contributed by atoms with Crippen molar-refractivity contribution in [2.45, 2.75) is 25.2 Å². The van der Waals surface area contributed by atoms with Crippen molar-refractivity contribution >= 4 is 29.3 Å². The minimum absolute atomic E-state index is 0.0757. The van der Waals surface area contributed by atoms with Crippen molar-refractivity contribution in [2.24, 2.45) is 0 Å². The SMILES string of the molecule is CCn1c(SCC(=O)NCc2ccc(Cl)cc2)nnc1-c1ccc(OC)c(OC)c1. The fourth-order valence-corrected chi connectivity index (χ4v) is 3.81. The zero-order valence-corrected chi connectivity index (χ0v) is 18.6. The molecule has 158 valence electrons. The molecule has 0 spiro atoms. The second kappa shape index (κ2) is 10.4. The van der Waals surface area contributed by atoms with Crippen LogP contribution in [0.25, 0.3) is 11.4 Å². The Labute approximate surface area is 184 Å². The number of aromatic nitrogens is 3. The highest BCUT2D eigenvalue weighted by Gasteiger charge is 2.16. The molecule has 0 saturated carbocycles. The smallest absolute Gasteiger partial charge is 0.230 e. The number of carbonyl (C=O) groups is 1. The van der Waals surface area contributed by atoms with E-state index in [1.165, 1.54) is 11.8 Å². The fraction of sp³-hybridized carbons (Fsp3) is 0.286. The van der Waals surface area contributed by atoms with Gasteiger partial charge in [0.1, 0.15) is 0 Å². The Kier molecular flexibility index (Phi) is 7.59. The van der Waals surface area contributed by atoms with Crippen molar-refractivity contribution < 1.29 is 14.3 Å². The number of benzene rings is 2. The van der Waals surface area contributed by atoms with Gasteiger partial charge in [-0.1, -0.05) is 35.5 Å². The number of nitrogens with one attached hydrogen (secondary N) is 1. The highest BCUT2D eigenvalue weighted by atomic mass is 35.5. The minimum atomic E-state index is -0.0757. The molecule has 9 heteroatoms. The van der Waals surface area contributed by atoms with Gasteiger partial charge in [0, 0.05) is 23.7 Å². The number of thioether (sulfide) groups is 1. The lowest BCUT2D eigenvalue weighted by Crippen LogP contribution is -2.24. The Hall–Kier alpha value is -2.71. The largest absolute Gasteiger partial charge is 0.493 e. The Balaban J connectivity index is 1.65. The van der Waals surface area contributed by atoms with E-state index in [9.17, 15) is 4.79 Å². The Morgan fingerprint density at radius 2 is 1.83 bits per heavy atom. The predicted octanol–water partition coefficient (Wildman–Crippen LogP) is 4.04. The molecule has 1 N–H and O–H groups in total. The molecule has 0 atom stereocenters. The summed E-state index contributed by atoms with van der Waals surface area (Å²) in [5.41, 5.74) is 1.85. The van der Waals surface area contributed by atoms with Gasteiger partial charge in [-0.25, -0.2) is 0 Å². The first-order valence-corrected chi connectivity index (χ1v) is 10.7. The summed E-state index contributed by atoms with van der Waals surface area (Å²) >= 11 is 7.23. The van der Waals surface area contributed by atoms with Gasteiger partial charge >= 0.3 is 0 Å². The molecule has 0 unspecified atom stereocenters. The topological polar surface area (TPSA) is 78.3 Å². The van der Waals surface area contributed by atoms with E-state index in [0.29, 0.717) is 40.6 Å². The molecule has 7 nitrogen and oxygen atoms in total. The summed E-state index contributed by atoms with van der Waals surface area (Å²) in [5, 5.41) is 12.8. The van der Waals surface area contributed by atoms with E-state index in [4.69, 9.17) is 21.1 Å². The van der Waals surface area contributed by atoms with Gasteiger partial charge in [-0.05, 0) is 42.8 Å². The molecule has 1 heterocycles. The molecule has 1 amide bonds. The molecule has 0 bridgehead atoms. The number of halogens is 1. The van der Waals surface area contributed by atoms with Gasteiger partial charge in [0.2, 0.25) is 5.91 Å². The van der Waals surface area contributed by atoms with Crippen LogP contribution in [0, 0.1) is 0 Å². The van der Waals surface area contributed by atoms with Crippen LogP contribution in [0.1, 0.15) is 12.5 Å². The first kappa shape index (κ1) is 22.0. The third-order valence-corrected chi connectivity index (χ3v) is 5.63. The number of hydrogen-bond donors (Lipinski definition) is 1. The van der Waals surface area contributed by atoms with E-state index >= 15 is 0 Å². The number of nitrogens with zero attached hydrogens (tertiary/aromatic N) is 3. The second-order valence-corrected chi connectivity index (χ2v) is 7.69. The molecule has 0 saturated heterocycles. The molecular formula is C21H23ClN4O3S. The normalized spacial score (nSPS) is 10.7. The number of ether oxygens (including phenoxy) is 2. The van der Waals surface area contributed by atoms with Crippen LogP contribution in [0.4, 0.5) is 0 Å². The van der Waals surface area contributed by atoms with Crippen LogP contribution in [0.15, 0.2) is 47.6 Å². The lowest BCUT2D eigenvalue weighted by atomic mass is 10.2. The maximum absolute atomic E-state index is 12.2. The molecule has 0 fully saturated rings. The number of rotatable bonds is 9. The summed E-state index contributed by atoms with van der Waals surface area (Å²) in [6, 6.07) is 13.0. The van der Waals surface area contributed by atoms with Crippen molar-refractivity contribution in [3.63, 3.8) is 0 Å². The standard InChI is InChI=1S/C21H23ClN4O3S/c1-4-26-20(15-7-10-17(28-2)18(11-15)29-3)24-25-21(26)30-13-19(27)23-12-14-5-8-16(22)9-6-14/h5-11H,4,12-13H2,1-3H3,(H,23,27). The fourth-order valence-electron chi connectivity index (χ4n) is 2.85. The van der Waals surface area contributed by atoms with Gasteiger partial charge in [0.05, 0.1) is 20.0 Å². The molecule has 0 aliphatic rings. The van der Waals surface area contributed by atoms with Crippen LogP contribution in [0.3, 0.4) is 0 Å². The van der Waals surface area contributed by atoms with Crippen molar-refractivity contribution in [1.29, 1.82) is 0 Å². The third-order valence-electron chi connectivity index (χ3n) is 4.41. The highest BCUT2D eigenvalue weighted by Crippen LogP contribution is 2.32. The van der Waals surface area contributed by atoms with Gasteiger partial charge in [-0.3, -0.25) is 4.79 Å². The molecular weight excluding hydrogens is 424 g/mol. The minimum Gasteiger partial charge on any atom is -0.493 e. The van der Waals surface area contributed by atoms with E-state index in [1.807, 2.05) is 41.8 Å². The Morgan fingerprint density at radius 3 is 2.50 bits per heavy atom. The number of carbonyl (C=O) groups excluding carboxylic acids is 1. The summed E-state index contributed by atoms with van der Waals surface area (Å²) in [5.74, 6) is 2.15. The van der Waals surface area contributed by atoms with Crippen LogP contribution in [0.2, 0.25) is 5.02 Å². The molecule has 1 aromatic heterocycles. The predicted molar refractivity (Wildman–Crippen MR) is 118 cm³/mol. The summed E-state index contributed by atoms with van der Waals surface area (Å²) in [4.78, 5) is 12.2. The average Bonchev–Trinajstić information content (AvgIpc) is 3.19. The lowest BCUT2D eigenvalue weighted by Gasteiger charge is -2.11. The summed E-state index contributed by atoms with van der Waals surface area (Å²) in [6.07, 6.45) is 0. The van der Waals surface area contributed by atoms with Crippen LogP contribution in [-0.4, -0.2) is 40.6 Å². The third kappa shape index (κ3) is 5.25. The summed E-state index contributed by atoms with van der Waals surface area (Å²) in [6.45, 7) is 3.14. The maximum Gasteiger partial charge on any atom is 0.230 e. The molecule has 3 rings (SSSR count). The summed E-state index contributed by atoms with van der Waals surface area (Å²) < 4.78 is 12.6.